The normalized spacial score (nSPS) is 14.0. The van der Waals surface area contributed by atoms with Gasteiger partial charge in [0, 0.05) is 11.6 Å². The van der Waals surface area contributed by atoms with Gasteiger partial charge in [0.1, 0.15) is 0 Å². The van der Waals surface area contributed by atoms with E-state index in [2.05, 4.69) is 60.1 Å². The average molecular weight is 549 g/mol. The number of hydrogen-bond acceptors (Lipinski definition) is 4. The van der Waals surface area contributed by atoms with Gasteiger partial charge in [0.25, 0.3) is 0 Å². The van der Waals surface area contributed by atoms with E-state index in [1.54, 1.807) is 6.92 Å². The molecule has 0 rings (SSSR count). The zero-order valence-corrected chi connectivity index (χ0v) is 28.1. The summed E-state index contributed by atoms with van der Waals surface area (Å²) < 4.78 is 21.5. The van der Waals surface area contributed by atoms with Crippen LogP contribution in [-0.4, -0.2) is 44.8 Å². The number of carbonyl (C=O) groups is 1. The number of aliphatic carboxylic acids is 1. The fourth-order valence-corrected chi connectivity index (χ4v) is 22.6. The van der Waals surface area contributed by atoms with Crippen molar-refractivity contribution in [3.05, 3.63) is 11.6 Å². The summed E-state index contributed by atoms with van der Waals surface area (Å²) in [6.45, 7) is 22.3. The summed E-state index contributed by atoms with van der Waals surface area (Å²) in [5.41, 5.74) is 0.406. The average Bonchev–Trinajstić information content (AvgIpc) is 2.71. The molecule has 1 N–H and O–H groups in total. The van der Waals surface area contributed by atoms with Crippen LogP contribution in [0.25, 0.3) is 0 Å². The van der Waals surface area contributed by atoms with Crippen LogP contribution in [0.5, 0.6) is 0 Å². The SMILES string of the molecule is CCCC[Si](C)(C)O[Si](CCC/C=C(\C)C(=O)O)(O[Si](C)(C)CCCC)O[Si](C)(C)CCCC. The highest BCUT2D eigenvalue weighted by Gasteiger charge is 2.51. The number of unbranched alkanes of at least 4 members (excludes halogenated alkanes) is 4. The standard InChI is InChI=1S/C25H56O5Si4/c1-11-14-20-31(5,6)28-34(29-32(7,8)21-15-12-2,30-33(9,10)22-16-13-3)23-18-17-19-24(4)25(26)27/h19H,11-18,20-23H2,1-10H3,(H,26,27)/b24-19+. The van der Waals surface area contributed by atoms with Crippen LogP contribution in [-0.2, 0) is 17.1 Å². The van der Waals surface area contributed by atoms with Crippen molar-refractivity contribution in [3.63, 3.8) is 0 Å². The number of carboxylic acid groups (broad SMARTS) is 1. The minimum absolute atomic E-state index is 0.406. The smallest absolute Gasteiger partial charge is 0.469 e. The van der Waals surface area contributed by atoms with Gasteiger partial charge in [-0.1, -0.05) is 65.4 Å². The third-order valence-corrected chi connectivity index (χ3v) is 22.2. The summed E-state index contributed by atoms with van der Waals surface area (Å²) in [4.78, 5) is 11.2. The largest absolute Gasteiger partial charge is 0.478 e. The summed E-state index contributed by atoms with van der Waals surface area (Å²) in [6.07, 6.45) is 10.4. The van der Waals surface area contributed by atoms with Gasteiger partial charge >= 0.3 is 14.8 Å². The Kier molecular flexibility index (Phi) is 15.9. The zero-order chi connectivity index (χ0) is 26.5. The lowest BCUT2D eigenvalue weighted by Crippen LogP contribution is -2.61. The zero-order valence-electron chi connectivity index (χ0n) is 24.1. The van der Waals surface area contributed by atoms with Crippen molar-refractivity contribution in [2.75, 3.05) is 0 Å². The van der Waals surface area contributed by atoms with E-state index in [9.17, 15) is 9.90 Å². The lowest BCUT2D eigenvalue weighted by molar-refractivity contribution is -0.132. The van der Waals surface area contributed by atoms with E-state index in [1.165, 1.54) is 38.5 Å². The maximum atomic E-state index is 11.2. The highest BCUT2D eigenvalue weighted by molar-refractivity contribution is 6.90. The van der Waals surface area contributed by atoms with E-state index in [0.717, 1.165) is 30.6 Å². The predicted octanol–water partition coefficient (Wildman–Crippen LogP) is 8.80. The lowest BCUT2D eigenvalue weighted by Gasteiger charge is -2.45. The minimum atomic E-state index is -2.94. The first-order valence-corrected chi connectivity index (χ1v) is 24.9. The van der Waals surface area contributed by atoms with E-state index in [-0.39, 0.29) is 0 Å². The molecule has 202 valence electrons. The highest BCUT2D eigenvalue weighted by atomic mass is 28.5. The van der Waals surface area contributed by atoms with Gasteiger partial charge in [-0.15, -0.1) is 0 Å². The van der Waals surface area contributed by atoms with Crippen molar-refractivity contribution < 1.29 is 22.2 Å². The van der Waals surface area contributed by atoms with Gasteiger partial charge in [-0.3, -0.25) is 0 Å². The molecule has 5 nitrogen and oxygen atoms in total. The molecule has 0 aliphatic carbocycles. The van der Waals surface area contributed by atoms with Gasteiger partial charge in [-0.25, -0.2) is 4.79 Å². The van der Waals surface area contributed by atoms with Crippen LogP contribution < -0.4 is 0 Å². The molecule has 0 bridgehead atoms. The Morgan fingerprint density at radius 1 is 0.676 bits per heavy atom. The molecule has 9 heteroatoms. The van der Waals surface area contributed by atoms with Gasteiger partial charge in [-0.05, 0) is 77.2 Å². The predicted molar refractivity (Wildman–Crippen MR) is 156 cm³/mol. The topological polar surface area (TPSA) is 65.0 Å². The van der Waals surface area contributed by atoms with E-state index >= 15 is 0 Å². The van der Waals surface area contributed by atoms with Crippen molar-refractivity contribution in [2.24, 2.45) is 0 Å². The highest BCUT2D eigenvalue weighted by Crippen LogP contribution is 2.35. The third-order valence-electron chi connectivity index (χ3n) is 6.17. The van der Waals surface area contributed by atoms with E-state index in [1.807, 2.05) is 6.08 Å². The molecule has 0 aliphatic heterocycles. The maximum Gasteiger partial charge on any atom is 0.469 e. The van der Waals surface area contributed by atoms with Gasteiger partial charge < -0.3 is 17.5 Å². The quantitative estimate of drug-likeness (QED) is 0.0935. The van der Waals surface area contributed by atoms with Crippen molar-refractivity contribution in [2.45, 2.75) is 143 Å². The summed E-state index contributed by atoms with van der Waals surface area (Å²) in [6, 6.07) is 4.15. The summed E-state index contributed by atoms with van der Waals surface area (Å²) in [5.74, 6) is -0.846. The third kappa shape index (κ3) is 15.2. The van der Waals surface area contributed by atoms with Crippen LogP contribution in [0.3, 0.4) is 0 Å². The molecule has 0 fully saturated rings. The minimum Gasteiger partial charge on any atom is -0.478 e. The second-order valence-electron chi connectivity index (χ2n) is 11.7. The molecule has 0 radical (unpaired) electrons. The Morgan fingerprint density at radius 2 is 1.03 bits per heavy atom. The molecule has 34 heavy (non-hydrogen) atoms. The second-order valence-corrected chi connectivity index (χ2v) is 28.0. The van der Waals surface area contributed by atoms with Crippen LogP contribution >= 0.6 is 0 Å². The first-order valence-electron chi connectivity index (χ1n) is 13.6. The summed E-state index contributed by atoms with van der Waals surface area (Å²) in [7, 11) is -8.87. The lowest BCUT2D eigenvalue weighted by atomic mass is 10.2. The molecular weight excluding hydrogens is 493 g/mol. The molecule has 0 saturated heterocycles. The van der Waals surface area contributed by atoms with Gasteiger partial charge in [0.05, 0.1) is 0 Å². The van der Waals surface area contributed by atoms with Crippen LogP contribution in [0.2, 0.25) is 63.5 Å². The number of hydrogen-bond donors (Lipinski definition) is 1. The van der Waals surface area contributed by atoms with E-state index in [0.29, 0.717) is 12.0 Å². The first kappa shape index (κ1) is 34.0. The number of rotatable bonds is 20. The Hall–Kier alpha value is -0.0425. The fourth-order valence-electron chi connectivity index (χ4n) is 4.16. The van der Waals surface area contributed by atoms with Gasteiger partial charge in [0.15, 0.2) is 25.0 Å². The van der Waals surface area contributed by atoms with Crippen molar-refractivity contribution in [1.29, 1.82) is 0 Å². The van der Waals surface area contributed by atoms with Crippen molar-refractivity contribution in [1.82, 2.24) is 0 Å². The Morgan fingerprint density at radius 3 is 1.32 bits per heavy atom. The molecule has 0 aromatic rings. The fraction of sp³-hybridized carbons (Fsp3) is 0.880. The molecule has 0 heterocycles. The first-order chi connectivity index (χ1) is 15.6. The van der Waals surface area contributed by atoms with Crippen LogP contribution in [0.15, 0.2) is 11.6 Å². The summed E-state index contributed by atoms with van der Waals surface area (Å²) >= 11 is 0. The van der Waals surface area contributed by atoms with Crippen molar-refractivity contribution in [3.8, 4) is 0 Å². The molecule has 0 atom stereocenters. The number of carboxylic acids is 1. The molecule has 0 amide bonds. The van der Waals surface area contributed by atoms with Gasteiger partial charge in [-0.2, -0.15) is 0 Å². The Labute approximate surface area is 215 Å². The maximum absolute atomic E-state index is 11.2. The van der Waals surface area contributed by atoms with E-state index in [4.69, 9.17) is 12.3 Å². The molecule has 0 spiro atoms. The molecule has 0 saturated carbocycles. The molecule has 0 unspecified atom stereocenters. The molecule has 0 aliphatic rings. The Bertz CT molecular complexity index is 565. The van der Waals surface area contributed by atoms with Gasteiger partial charge in [0.2, 0.25) is 0 Å². The molecular formula is C25H56O5Si4. The number of allylic oxidation sites excluding steroid dienone is 1. The van der Waals surface area contributed by atoms with Crippen LogP contribution in [0.1, 0.15) is 79.1 Å². The summed E-state index contributed by atoms with van der Waals surface area (Å²) in [5, 5.41) is 9.23. The molecule has 0 aromatic heterocycles. The molecule has 0 aromatic carbocycles. The van der Waals surface area contributed by atoms with Crippen molar-refractivity contribution >= 4 is 39.7 Å². The second kappa shape index (κ2) is 15.9. The van der Waals surface area contributed by atoms with E-state index < -0.39 is 39.7 Å². The van der Waals surface area contributed by atoms with Crippen LogP contribution in [0, 0.1) is 0 Å². The van der Waals surface area contributed by atoms with Crippen LogP contribution in [0.4, 0.5) is 0 Å². The Balaban J connectivity index is 6.12. The monoisotopic (exact) mass is 548 g/mol.